The van der Waals surface area contributed by atoms with Crippen molar-refractivity contribution in [3.8, 4) is 11.4 Å². The maximum absolute atomic E-state index is 10.5. The molecule has 0 aliphatic heterocycles. The maximum atomic E-state index is 10.5. The fourth-order valence-electron chi connectivity index (χ4n) is 1.08. The van der Waals surface area contributed by atoms with Gasteiger partial charge in [-0.15, -0.1) is 11.3 Å². The van der Waals surface area contributed by atoms with Crippen molar-refractivity contribution in [1.29, 1.82) is 0 Å². The molecule has 0 unspecified atom stereocenters. The van der Waals surface area contributed by atoms with Crippen LogP contribution >= 0.6 is 11.3 Å². The van der Waals surface area contributed by atoms with Crippen LogP contribution in [0.15, 0.2) is 23.8 Å². The number of thiophene rings is 1. The Morgan fingerprint density at radius 1 is 1.64 bits per heavy atom. The van der Waals surface area contributed by atoms with E-state index in [1.54, 1.807) is 30.3 Å². The average Bonchev–Trinajstić information content (AvgIpc) is 2.86. The SMILES string of the molecule is COc1cnn(-c2csc(C=O)c2)c1. The maximum Gasteiger partial charge on any atom is 0.160 e. The van der Waals surface area contributed by atoms with Crippen LogP contribution in [0.1, 0.15) is 9.67 Å². The standard InChI is InChI=1S/C9H8N2O2S/c1-13-8-3-10-11(4-8)7-2-9(5-12)14-6-7/h2-6H,1H3. The summed E-state index contributed by atoms with van der Waals surface area (Å²) in [5.41, 5.74) is 0.875. The summed E-state index contributed by atoms with van der Waals surface area (Å²) >= 11 is 1.39. The van der Waals surface area contributed by atoms with Gasteiger partial charge in [0.05, 0.1) is 30.1 Å². The summed E-state index contributed by atoms with van der Waals surface area (Å²) in [6.07, 6.45) is 4.21. The first-order chi connectivity index (χ1) is 6.83. The summed E-state index contributed by atoms with van der Waals surface area (Å²) in [5, 5.41) is 5.96. The van der Waals surface area contributed by atoms with Crippen LogP contribution in [-0.2, 0) is 0 Å². The van der Waals surface area contributed by atoms with Gasteiger partial charge < -0.3 is 4.74 Å². The van der Waals surface area contributed by atoms with Crippen molar-refractivity contribution in [2.75, 3.05) is 7.11 Å². The van der Waals surface area contributed by atoms with Gasteiger partial charge in [0.15, 0.2) is 12.0 Å². The number of rotatable bonds is 3. The molecule has 0 spiro atoms. The van der Waals surface area contributed by atoms with E-state index in [-0.39, 0.29) is 0 Å². The van der Waals surface area contributed by atoms with Crippen molar-refractivity contribution < 1.29 is 9.53 Å². The number of carbonyl (C=O) groups excluding carboxylic acids is 1. The molecule has 72 valence electrons. The fourth-order valence-corrected chi connectivity index (χ4v) is 1.75. The van der Waals surface area contributed by atoms with Gasteiger partial charge in [-0.3, -0.25) is 4.79 Å². The van der Waals surface area contributed by atoms with Gasteiger partial charge in [0.25, 0.3) is 0 Å². The van der Waals surface area contributed by atoms with Crippen molar-refractivity contribution in [3.63, 3.8) is 0 Å². The molecule has 2 heterocycles. The van der Waals surface area contributed by atoms with Crippen LogP contribution in [0, 0.1) is 0 Å². The molecular formula is C9H8N2O2S. The molecule has 0 saturated carbocycles. The van der Waals surface area contributed by atoms with Gasteiger partial charge in [0.1, 0.15) is 0 Å². The zero-order chi connectivity index (χ0) is 9.97. The van der Waals surface area contributed by atoms with Crippen molar-refractivity contribution in [3.05, 3.63) is 28.7 Å². The lowest BCUT2D eigenvalue weighted by molar-refractivity contribution is 0.112. The second kappa shape index (κ2) is 3.63. The van der Waals surface area contributed by atoms with Crippen LogP contribution in [-0.4, -0.2) is 23.2 Å². The number of aromatic nitrogens is 2. The van der Waals surface area contributed by atoms with Gasteiger partial charge in [0, 0.05) is 5.38 Å². The largest absolute Gasteiger partial charge is 0.493 e. The van der Waals surface area contributed by atoms with Crippen LogP contribution in [0.4, 0.5) is 0 Å². The molecule has 0 bridgehead atoms. The zero-order valence-electron chi connectivity index (χ0n) is 7.51. The minimum atomic E-state index is 0.689. The quantitative estimate of drug-likeness (QED) is 0.722. The second-order valence-corrected chi connectivity index (χ2v) is 3.59. The van der Waals surface area contributed by atoms with Crippen molar-refractivity contribution >= 4 is 17.6 Å². The highest BCUT2D eigenvalue weighted by Crippen LogP contribution is 2.18. The average molecular weight is 208 g/mol. The van der Waals surface area contributed by atoms with E-state index in [0.29, 0.717) is 10.6 Å². The Kier molecular flexibility index (Phi) is 2.32. The third-order valence-electron chi connectivity index (χ3n) is 1.78. The third-order valence-corrected chi connectivity index (χ3v) is 2.63. The number of carbonyl (C=O) groups is 1. The summed E-state index contributed by atoms with van der Waals surface area (Å²) in [6, 6.07) is 1.78. The number of nitrogens with zero attached hydrogens (tertiary/aromatic N) is 2. The molecule has 14 heavy (non-hydrogen) atoms. The molecular weight excluding hydrogens is 200 g/mol. The van der Waals surface area contributed by atoms with Crippen LogP contribution < -0.4 is 4.74 Å². The second-order valence-electron chi connectivity index (χ2n) is 2.65. The monoisotopic (exact) mass is 208 g/mol. The Bertz CT molecular complexity index is 447. The number of hydrogen-bond acceptors (Lipinski definition) is 4. The minimum absolute atomic E-state index is 0.689. The molecule has 2 aromatic heterocycles. The molecule has 2 aromatic rings. The molecule has 0 aromatic carbocycles. The fraction of sp³-hybridized carbons (Fsp3) is 0.111. The van der Waals surface area contributed by atoms with E-state index < -0.39 is 0 Å². The van der Waals surface area contributed by atoms with E-state index in [9.17, 15) is 4.79 Å². The molecule has 2 rings (SSSR count). The molecule has 0 N–H and O–H groups in total. The predicted molar refractivity (Wildman–Crippen MR) is 53.4 cm³/mol. The van der Waals surface area contributed by atoms with E-state index in [4.69, 9.17) is 4.74 Å². The molecule has 5 heteroatoms. The molecule has 0 aliphatic rings. The van der Waals surface area contributed by atoms with Crippen molar-refractivity contribution in [1.82, 2.24) is 9.78 Å². The number of methoxy groups -OCH3 is 1. The van der Waals surface area contributed by atoms with Gasteiger partial charge >= 0.3 is 0 Å². The summed E-state index contributed by atoms with van der Waals surface area (Å²) in [7, 11) is 1.59. The molecule has 0 saturated heterocycles. The first-order valence-corrected chi connectivity index (χ1v) is 4.84. The van der Waals surface area contributed by atoms with E-state index in [0.717, 1.165) is 12.0 Å². The van der Waals surface area contributed by atoms with Crippen molar-refractivity contribution in [2.45, 2.75) is 0 Å². The highest BCUT2D eigenvalue weighted by Gasteiger charge is 2.03. The first-order valence-electron chi connectivity index (χ1n) is 3.96. The van der Waals surface area contributed by atoms with Crippen LogP contribution in [0.5, 0.6) is 5.75 Å². The summed E-state index contributed by atoms with van der Waals surface area (Å²) < 4.78 is 6.67. The van der Waals surface area contributed by atoms with E-state index in [1.165, 1.54) is 11.3 Å². The number of ether oxygens (including phenoxy) is 1. The lowest BCUT2D eigenvalue weighted by Crippen LogP contribution is -1.90. The van der Waals surface area contributed by atoms with Gasteiger partial charge in [-0.1, -0.05) is 0 Å². The highest BCUT2D eigenvalue weighted by molar-refractivity contribution is 7.12. The van der Waals surface area contributed by atoms with Crippen molar-refractivity contribution in [2.24, 2.45) is 0 Å². The minimum Gasteiger partial charge on any atom is -0.493 e. The van der Waals surface area contributed by atoms with E-state index in [1.807, 2.05) is 5.38 Å². The predicted octanol–water partition coefficient (Wildman–Crippen LogP) is 1.75. The van der Waals surface area contributed by atoms with Gasteiger partial charge in [-0.2, -0.15) is 5.10 Å². The van der Waals surface area contributed by atoms with Crippen LogP contribution in [0.2, 0.25) is 0 Å². The molecule has 0 atom stereocenters. The van der Waals surface area contributed by atoms with Gasteiger partial charge in [-0.05, 0) is 6.07 Å². The molecule has 0 fully saturated rings. The number of hydrogen-bond donors (Lipinski definition) is 0. The van der Waals surface area contributed by atoms with Gasteiger partial charge in [0.2, 0.25) is 0 Å². The Morgan fingerprint density at radius 2 is 2.50 bits per heavy atom. The lowest BCUT2D eigenvalue weighted by Gasteiger charge is -1.93. The Labute approximate surface area is 84.7 Å². The molecule has 0 radical (unpaired) electrons. The summed E-state index contributed by atoms with van der Waals surface area (Å²) in [6.45, 7) is 0. The Morgan fingerprint density at radius 3 is 3.07 bits per heavy atom. The van der Waals surface area contributed by atoms with Gasteiger partial charge in [-0.25, -0.2) is 4.68 Å². The Balaban J connectivity index is 2.33. The van der Waals surface area contributed by atoms with Crippen LogP contribution in [0.3, 0.4) is 0 Å². The Hall–Kier alpha value is -1.62. The van der Waals surface area contributed by atoms with E-state index >= 15 is 0 Å². The lowest BCUT2D eigenvalue weighted by atomic mass is 10.4. The molecule has 0 aliphatic carbocycles. The highest BCUT2D eigenvalue weighted by atomic mass is 32.1. The topological polar surface area (TPSA) is 44.1 Å². The summed E-state index contributed by atoms with van der Waals surface area (Å²) in [5.74, 6) is 0.698. The summed E-state index contributed by atoms with van der Waals surface area (Å²) in [4.78, 5) is 11.2. The molecule has 0 amide bonds. The van der Waals surface area contributed by atoms with Crippen LogP contribution in [0.25, 0.3) is 5.69 Å². The third kappa shape index (κ3) is 1.54. The number of aldehydes is 1. The smallest absolute Gasteiger partial charge is 0.160 e. The normalized spacial score (nSPS) is 10.1. The van der Waals surface area contributed by atoms with E-state index in [2.05, 4.69) is 5.10 Å². The first kappa shape index (κ1) is 8.96. The molecule has 4 nitrogen and oxygen atoms in total. The zero-order valence-corrected chi connectivity index (χ0v) is 8.32.